The monoisotopic (exact) mass is 510 g/mol. The fourth-order valence-electron chi connectivity index (χ4n) is 4.14. The number of benzene rings is 2. The summed E-state index contributed by atoms with van der Waals surface area (Å²) in [6, 6.07) is 13.1. The first kappa shape index (κ1) is 24.0. The van der Waals surface area contributed by atoms with Crippen LogP contribution in [0.2, 0.25) is 0 Å². The molecular formula is C25H26N4O6S. The molecule has 36 heavy (non-hydrogen) atoms. The van der Waals surface area contributed by atoms with Crippen LogP contribution >= 0.6 is 0 Å². The number of hydrogen-bond donors (Lipinski definition) is 1. The van der Waals surface area contributed by atoms with Crippen LogP contribution in [0.3, 0.4) is 0 Å². The van der Waals surface area contributed by atoms with Crippen LogP contribution in [0, 0.1) is 6.92 Å². The number of fused-ring (bicyclic) bond motifs is 1. The first-order valence-corrected chi connectivity index (χ1v) is 12.9. The largest absolute Gasteiger partial charge is 0.497 e. The van der Waals surface area contributed by atoms with E-state index >= 15 is 0 Å². The standard InChI is InChI=1S/C25H26N4O6S/c1-16-11-19(35-26-16)15-29-23(30)21-13-20(36(32,33)27-25(2)9-10-25)7-8-22(21)28(24(29)31)14-17-5-4-6-18(12-17)34-3/h4-8,11-13,27H,9-10,14-15H2,1-3H3. The molecule has 1 N–H and O–H groups in total. The van der Waals surface area contributed by atoms with Gasteiger partial charge in [-0.1, -0.05) is 17.3 Å². The van der Waals surface area contributed by atoms with Gasteiger partial charge < -0.3 is 9.26 Å². The van der Waals surface area contributed by atoms with Gasteiger partial charge in [0.15, 0.2) is 5.76 Å². The number of nitrogens with one attached hydrogen (secondary N) is 1. The highest BCUT2D eigenvalue weighted by molar-refractivity contribution is 7.89. The van der Waals surface area contributed by atoms with Gasteiger partial charge >= 0.3 is 5.69 Å². The first-order valence-electron chi connectivity index (χ1n) is 11.5. The molecule has 1 aliphatic carbocycles. The van der Waals surface area contributed by atoms with Gasteiger partial charge in [-0.3, -0.25) is 13.9 Å². The van der Waals surface area contributed by atoms with Crippen LogP contribution in [0.5, 0.6) is 5.75 Å². The van der Waals surface area contributed by atoms with E-state index in [0.717, 1.165) is 23.0 Å². The molecule has 0 radical (unpaired) electrons. The molecule has 0 atom stereocenters. The van der Waals surface area contributed by atoms with Crippen molar-refractivity contribution < 1.29 is 17.7 Å². The fourth-order valence-corrected chi connectivity index (χ4v) is 5.63. The molecule has 0 spiro atoms. The summed E-state index contributed by atoms with van der Waals surface area (Å²) in [5, 5.41) is 3.94. The molecule has 0 bridgehead atoms. The summed E-state index contributed by atoms with van der Waals surface area (Å²) in [7, 11) is -2.30. The zero-order valence-electron chi connectivity index (χ0n) is 20.1. The Kier molecular flexibility index (Phi) is 5.84. The topological polar surface area (TPSA) is 125 Å². The van der Waals surface area contributed by atoms with Gasteiger partial charge in [-0.15, -0.1) is 0 Å². The van der Waals surface area contributed by atoms with Crippen molar-refractivity contribution in [1.29, 1.82) is 0 Å². The van der Waals surface area contributed by atoms with Crippen molar-refractivity contribution in [1.82, 2.24) is 19.0 Å². The predicted molar refractivity (Wildman–Crippen MR) is 133 cm³/mol. The number of rotatable bonds is 8. The second kappa shape index (κ2) is 8.75. The Hall–Kier alpha value is -3.70. The summed E-state index contributed by atoms with van der Waals surface area (Å²) in [6.45, 7) is 3.58. The summed E-state index contributed by atoms with van der Waals surface area (Å²) in [6.07, 6.45) is 1.51. The molecule has 11 heteroatoms. The second-order valence-electron chi connectivity index (χ2n) is 9.39. The van der Waals surface area contributed by atoms with Gasteiger partial charge in [0.1, 0.15) is 5.75 Å². The summed E-state index contributed by atoms with van der Waals surface area (Å²) in [4.78, 5) is 27.0. The van der Waals surface area contributed by atoms with Gasteiger partial charge in [-0.2, -0.15) is 0 Å². The molecule has 188 valence electrons. The Labute approximate surface area is 207 Å². The number of ether oxygens (including phenoxy) is 1. The van der Waals surface area contributed by atoms with Crippen molar-refractivity contribution in [2.24, 2.45) is 0 Å². The fraction of sp³-hybridized carbons (Fsp3) is 0.320. The molecule has 1 saturated carbocycles. The highest BCUT2D eigenvalue weighted by Crippen LogP contribution is 2.36. The zero-order chi connectivity index (χ0) is 25.7. The SMILES string of the molecule is COc1cccc(Cn2c(=O)n(Cc3cc(C)no3)c(=O)c3cc(S(=O)(=O)NC4(C)CC4)ccc32)c1. The Balaban J connectivity index is 1.69. The van der Waals surface area contributed by atoms with E-state index in [1.54, 1.807) is 32.2 Å². The van der Waals surface area contributed by atoms with E-state index in [-0.39, 0.29) is 23.4 Å². The first-order chi connectivity index (χ1) is 17.1. The lowest BCUT2D eigenvalue weighted by Gasteiger charge is -2.16. The third kappa shape index (κ3) is 4.59. The minimum atomic E-state index is -3.85. The van der Waals surface area contributed by atoms with Crippen molar-refractivity contribution in [3.63, 3.8) is 0 Å². The average Bonchev–Trinajstić information content (AvgIpc) is 3.42. The molecule has 0 aliphatic heterocycles. The quantitative estimate of drug-likeness (QED) is 0.386. The van der Waals surface area contributed by atoms with Gasteiger partial charge in [-0.05, 0) is 62.6 Å². The summed E-state index contributed by atoms with van der Waals surface area (Å²) >= 11 is 0. The van der Waals surface area contributed by atoms with Crippen molar-refractivity contribution in [3.05, 3.63) is 86.4 Å². The Morgan fingerprint density at radius 2 is 1.86 bits per heavy atom. The van der Waals surface area contributed by atoms with Gasteiger partial charge in [0, 0.05) is 11.6 Å². The number of nitrogens with zero attached hydrogens (tertiary/aromatic N) is 3. The number of hydrogen-bond acceptors (Lipinski definition) is 7. The Bertz CT molecular complexity index is 1700. The van der Waals surface area contributed by atoms with Crippen LogP contribution in [0.4, 0.5) is 0 Å². The zero-order valence-corrected chi connectivity index (χ0v) is 21.0. The van der Waals surface area contributed by atoms with E-state index < -0.39 is 26.8 Å². The lowest BCUT2D eigenvalue weighted by Crippen LogP contribution is -2.40. The summed E-state index contributed by atoms with van der Waals surface area (Å²) in [5.41, 5.74) is 0.0872. The van der Waals surface area contributed by atoms with E-state index in [0.29, 0.717) is 22.7 Å². The van der Waals surface area contributed by atoms with Crippen molar-refractivity contribution in [2.75, 3.05) is 7.11 Å². The van der Waals surface area contributed by atoms with Crippen molar-refractivity contribution in [3.8, 4) is 5.75 Å². The lowest BCUT2D eigenvalue weighted by molar-refractivity contribution is 0.368. The number of aromatic nitrogens is 3. The molecule has 0 amide bonds. The highest BCUT2D eigenvalue weighted by atomic mass is 32.2. The lowest BCUT2D eigenvalue weighted by atomic mass is 10.2. The minimum absolute atomic E-state index is 0.0335. The maximum absolute atomic E-state index is 13.6. The number of aryl methyl sites for hydroxylation is 1. The van der Waals surface area contributed by atoms with Crippen LogP contribution in [0.25, 0.3) is 10.9 Å². The third-order valence-electron chi connectivity index (χ3n) is 6.35. The Morgan fingerprint density at radius 3 is 2.53 bits per heavy atom. The van der Waals surface area contributed by atoms with E-state index in [1.165, 1.54) is 22.8 Å². The van der Waals surface area contributed by atoms with E-state index in [1.807, 2.05) is 19.1 Å². The molecule has 0 saturated heterocycles. The molecule has 10 nitrogen and oxygen atoms in total. The van der Waals surface area contributed by atoms with E-state index in [4.69, 9.17) is 9.26 Å². The molecule has 1 fully saturated rings. The molecule has 2 heterocycles. The number of sulfonamides is 1. The minimum Gasteiger partial charge on any atom is -0.497 e. The molecular weight excluding hydrogens is 484 g/mol. The van der Waals surface area contributed by atoms with Gasteiger partial charge in [-0.25, -0.2) is 17.9 Å². The highest BCUT2D eigenvalue weighted by Gasteiger charge is 2.41. The van der Waals surface area contributed by atoms with E-state index in [2.05, 4.69) is 9.88 Å². The molecule has 2 aromatic carbocycles. The smallest absolute Gasteiger partial charge is 0.332 e. The van der Waals surface area contributed by atoms with Crippen LogP contribution in [-0.4, -0.2) is 35.4 Å². The summed E-state index contributed by atoms with van der Waals surface area (Å²) in [5.74, 6) is 0.967. The predicted octanol–water partition coefficient (Wildman–Crippen LogP) is 2.40. The van der Waals surface area contributed by atoms with Gasteiger partial charge in [0.25, 0.3) is 5.56 Å². The maximum Gasteiger partial charge on any atom is 0.332 e. The molecule has 4 aromatic rings. The normalized spacial score (nSPS) is 14.8. The number of methoxy groups -OCH3 is 1. The van der Waals surface area contributed by atoms with Crippen molar-refractivity contribution >= 4 is 20.9 Å². The van der Waals surface area contributed by atoms with Crippen LogP contribution in [-0.2, 0) is 23.1 Å². The Morgan fingerprint density at radius 1 is 1.08 bits per heavy atom. The van der Waals surface area contributed by atoms with Gasteiger partial charge in [0.05, 0.1) is 41.7 Å². The third-order valence-corrected chi connectivity index (χ3v) is 7.99. The molecule has 1 aliphatic rings. The van der Waals surface area contributed by atoms with Crippen LogP contribution < -0.4 is 20.7 Å². The van der Waals surface area contributed by atoms with Crippen molar-refractivity contribution in [2.45, 2.75) is 50.2 Å². The maximum atomic E-state index is 13.6. The average molecular weight is 511 g/mol. The van der Waals surface area contributed by atoms with Gasteiger partial charge in [0.2, 0.25) is 10.0 Å². The molecule has 5 rings (SSSR count). The van der Waals surface area contributed by atoms with E-state index in [9.17, 15) is 18.0 Å². The second-order valence-corrected chi connectivity index (χ2v) is 11.1. The van der Waals surface area contributed by atoms with Crippen LogP contribution in [0.15, 0.2) is 67.5 Å². The molecule has 2 aromatic heterocycles. The molecule has 0 unspecified atom stereocenters. The van der Waals surface area contributed by atoms with Crippen LogP contribution in [0.1, 0.15) is 36.8 Å². The summed E-state index contributed by atoms with van der Waals surface area (Å²) < 4.78 is 41.7.